The zero-order valence-electron chi connectivity index (χ0n) is 30.8. The van der Waals surface area contributed by atoms with E-state index in [2.05, 4.69) is 207 Å². The molecular weight excluding hydrogens is 683 g/mol. The maximum Gasteiger partial charge on any atom is 0.0468 e. The van der Waals surface area contributed by atoms with Crippen molar-refractivity contribution in [2.24, 2.45) is 0 Å². The van der Waals surface area contributed by atoms with E-state index in [1.54, 1.807) is 0 Å². The molecule has 1 aromatic heterocycles. The van der Waals surface area contributed by atoms with Crippen molar-refractivity contribution >= 4 is 70.1 Å². The largest absolute Gasteiger partial charge is 0.310 e. The molecule has 0 spiro atoms. The van der Waals surface area contributed by atoms with Gasteiger partial charge in [-0.3, -0.25) is 0 Å². The van der Waals surface area contributed by atoms with Crippen LogP contribution in [0.15, 0.2) is 188 Å². The smallest absolute Gasteiger partial charge is 0.0468 e. The van der Waals surface area contributed by atoms with E-state index in [-0.39, 0.29) is 5.41 Å². The van der Waals surface area contributed by atoms with Gasteiger partial charge in [-0.05, 0) is 133 Å². The van der Waals surface area contributed by atoms with Gasteiger partial charge in [0.1, 0.15) is 0 Å². The molecule has 9 aromatic carbocycles. The Hall–Kier alpha value is -6.48. The van der Waals surface area contributed by atoms with Crippen LogP contribution in [0.3, 0.4) is 0 Å². The molecule has 0 saturated heterocycles. The zero-order chi connectivity index (χ0) is 36.7. The highest BCUT2D eigenvalue weighted by Gasteiger charge is 2.35. The molecule has 11 rings (SSSR count). The monoisotopic (exact) mass is 719 g/mol. The molecule has 260 valence electrons. The summed E-state index contributed by atoms with van der Waals surface area (Å²) in [5.74, 6) is 0. The Morgan fingerprint density at radius 2 is 1.00 bits per heavy atom. The van der Waals surface area contributed by atoms with Gasteiger partial charge in [-0.1, -0.05) is 135 Å². The number of benzene rings is 9. The van der Waals surface area contributed by atoms with E-state index in [9.17, 15) is 0 Å². The van der Waals surface area contributed by atoms with E-state index in [0.717, 1.165) is 17.1 Å². The van der Waals surface area contributed by atoms with Crippen LogP contribution in [0.25, 0.3) is 75.1 Å². The molecule has 2 heteroatoms. The van der Waals surface area contributed by atoms with Gasteiger partial charge in [-0.15, -0.1) is 11.3 Å². The second-order valence-electron chi connectivity index (χ2n) is 15.4. The fourth-order valence-corrected chi connectivity index (χ4v) is 10.1. The molecule has 0 radical (unpaired) electrons. The van der Waals surface area contributed by atoms with Crippen LogP contribution in [-0.4, -0.2) is 0 Å². The van der Waals surface area contributed by atoms with Crippen LogP contribution < -0.4 is 4.90 Å². The van der Waals surface area contributed by atoms with Crippen molar-refractivity contribution in [1.29, 1.82) is 0 Å². The topological polar surface area (TPSA) is 3.24 Å². The molecule has 10 aromatic rings. The normalized spacial score (nSPS) is 13.1. The van der Waals surface area contributed by atoms with E-state index in [1.807, 2.05) is 11.3 Å². The first-order chi connectivity index (χ1) is 27.0. The molecular formula is C53H37NS. The third kappa shape index (κ3) is 5.21. The lowest BCUT2D eigenvalue weighted by Crippen LogP contribution is -2.15. The molecule has 0 atom stereocenters. The maximum atomic E-state index is 2.42. The van der Waals surface area contributed by atoms with Crippen LogP contribution in [0.1, 0.15) is 25.0 Å². The van der Waals surface area contributed by atoms with Crippen LogP contribution in [0.5, 0.6) is 0 Å². The van der Waals surface area contributed by atoms with Crippen molar-refractivity contribution in [3.05, 3.63) is 199 Å². The predicted molar refractivity (Wildman–Crippen MR) is 237 cm³/mol. The van der Waals surface area contributed by atoms with Crippen molar-refractivity contribution in [2.45, 2.75) is 19.3 Å². The number of thiophene rings is 1. The van der Waals surface area contributed by atoms with Gasteiger partial charge in [0, 0.05) is 42.6 Å². The maximum absolute atomic E-state index is 2.42. The van der Waals surface area contributed by atoms with Crippen molar-refractivity contribution in [2.75, 3.05) is 4.90 Å². The zero-order valence-corrected chi connectivity index (χ0v) is 31.6. The SMILES string of the molecule is CC1(C)c2ccccc2-c2cc(N(c3ccc(-c4ccc5cc6c(cc5c4)sc4ccccc46)cc3)c3cccc(-c4ccc5ccccc5c4)c3)ccc21. The predicted octanol–water partition coefficient (Wildman–Crippen LogP) is 15.5. The second-order valence-corrected chi connectivity index (χ2v) is 16.5. The fourth-order valence-electron chi connectivity index (χ4n) is 8.94. The number of anilines is 3. The number of rotatable bonds is 5. The minimum absolute atomic E-state index is 0.0461. The van der Waals surface area contributed by atoms with E-state index in [1.165, 1.54) is 86.2 Å². The molecule has 0 amide bonds. The fraction of sp³-hybridized carbons (Fsp3) is 0.0566. The van der Waals surface area contributed by atoms with E-state index < -0.39 is 0 Å². The summed E-state index contributed by atoms with van der Waals surface area (Å²) in [5, 5.41) is 7.73. The van der Waals surface area contributed by atoms with E-state index >= 15 is 0 Å². The molecule has 0 N–H and O–H groups in total. The number of hydrogen-bond acceptors (Lipinski definition) is 2. The summed E-state index contributed by atoms with van der Waals surface area (Å²) in [6.07, 6.45) is 0. The lowest BCUT2D eigenvalue weighted by Gasteiger charge is -2.28. The van der Waals surface area contributed by atoms with Crippen LogP contribution in [0, 0.1) is 0 Å². The standard InChI is InChI=1S/C53H37NS/c1-53(2)49-16-7-5-14-45(49)47-33-44(26-27-50(47)53)54(43-13-9-12-37(30-43)39-19-18-34-10-3-4-11-36(34)28-39)42-24-22-35(23-25-42)38-20-21-40-31-48-46-15-6-8-17-51(46)55-52(48)32-41(40)29-38/h3-33H,1-2H3. The lowest BCUT2D eigenvalue weighted by molar-refractivity contribution is 0.660. The first-order valence-electron chi connectivity index (χ1n) is 19.1. The minimum Gasteiger partial charge on any atom is -0.310 e. The van der Waals surface area contributed by atoms with Gasteiger partial charge in [-0.25, -0.2) is 0 Å². The molecule has 1 aliphatic rings. The van der Waals surface area contributed by atoms with Gasteiger partial charge in [0.25, 0.3) is 0 Å². The first-order valence-corrected chi connectivity index (χ1v) is 19.9. The van der Waals surface area contributed by atoms with Crippen LogP contribution >= 0.6 is 11.3 Å². The Morgan fingerprint density at radius 1 is 0.364 bits per heavy atom. The number of nitrogens with zero attached hydrogens (tertiary/aromatic N) is 1. The van der Waals surface area contributed by atoms with E-state index in [0.29, 0.717) is 0 Å². The van der Waals surface area contributed by atoms with E-state index in [4.69, 9.17) is 0 Å². The molecule has 0 bridgehead atoms. The average molecular weight is 720 g/mol. The minimum atomic E-state index is -0.0461. The van der Waals surface area contributed by atoms with Crippen molar-refractivity contribution in [1.82, 2.24) is 0 Å². The number of fused-ring (bicyclic) bond motifs is 8. The summed E-state index contributed by atoms with van der Waals surface area (Å²) >= 11 is 1.88. The Morgan fingerprint density at radius 3 is 1.89 bits per heavy atom. The summed E-state index contributed by atoms with van der Waals surface area (Å²) in [6, 6.07) is 69.8. The average Bonchev–Trinajstić information content (AvgIpc) is 3.70. The quantitative estimate of drug-likeness (QED) is 0.171. The molecule has 1 heterocycles. The number of hydrogen-bond donors (Lipinski definition) is 0. The first kappa shape index (κ1) is 32.0. The highest BCUT2D eigenvalue weighted by molar-refractivity contribution is 7.25. The third-order valence-electron chi connectivity index (χ3n) is 11.8. The third-order valence-corrected chi connectivity index (χ3v) is 12.9. The summed E-state index contributed by atoms with van der Waals surface area (Å²) in [5.41, 5.74) is 13.6. The Balaban J connectivity index is 1.02. The molecule has 0 unspecified atom stereocenters. The molecule has 1 aliphatic carbocycles. The summed E-state index contributed by atoms with van der Waals surface area (Å²) in [7, 11) is 0. The second kappa shape index (κ2) is 12.3. The van der Waals surface area contributed by atoms with Gasteiger partial charge in [0.15, 0.2) is 0 Å². The van der Waals surface area contributed by atoms with Gasteiger partial charge >= 0.3 is 0 Å². The van der Waals surface area contributed by atoms with Gasteiger partial charge in [-0.2, -0.15) is 0 Å². The van der Waals surface area contributed by atoms with Crippen LogP contribution in [0.4, 0.5) is 17.1 Å². The van der Waals surface area contributed by atoms with Crippen molar-refractivity contribution in [3.8, 4) is 33.4 Å². The lowest BCUT2D eigenvalue weighted by atomic mass is 9.82. The van der Waals surface area contributed by atoms with Gasteiger partial charge < -0.3 is 4.90 Å². The Bertz CT molecular complexity index is 3130. The summed E-state index contributed by atoms with van der Waals surface area (Å²) < 4.78 is 2.68. The molecule has 0 aliphatic heterocycles. The molecule has 0 fully saturated rings. The Labute approximate surface area is 325 Å². The highest BCUT2D eigenvalue weighted by Crippen LogP contribution is 2.51. The molecule has 0 saturated carbocycles. The van der Waals surface area contributed by atoms with Gasteiger partial charge in [0.05, 0.1) is 0 Å². The van der Waals surface area contributed by atoms with Crippen LogP contribution in [0.2, 0.25) is 0 Å². The summed E-state index contributed by atoms with van der Waals surface area (Å²) in [6.45, 7) is 4.69. The molecule has 55 heavy (non-hydrogen) atoms. The summed E-state index contributed by atoms with van der Waals surface area (Å²) in [4.78, 5) is 2.42. The van der Waals surface area contributed by atoms with Gasteiger partial charge in [0.2, 0.25) is 0 Å². The van der Waals surface area contributed by atoms with Crippen molar-refractivity contribution < 1.29 is 0 Å². The van der Waals surface area contributed by atoms with Crippen LogP contribution in [-0.2, 0) is 5.41 Å². The highest BCUT2D eigenvalue weighted by atomic mass is 32.1. The van der Waals surface area contributed by atoms with Crippen molar-refractivity contribution in [3.63, 3.8) is 0 Å². The Kier molecular flexibility index (Phi) is 7.14. The molecule has 1 nitrogen and oxygen atoms in total.